The van der Waals surface area contributed by atoms with Crippen LogP contribution in [0.1, 0.15) is 37.7 Å². The third kappa shape index (κ3) is 4.20. The zero-order chi connectivity index (χ0) is 17.7. The van der Waals surface area contributed by atoms with Crippen molar-refractivity contribution in [2.75, 3.05) is 26.3 Å². The summed E-state index contributed by atoms with van der Waals surface area (Å²) in [7, 11) is 0. The minimum Gasteiger partial charge on any atom is -0.449 e. The second-order valence-electron chi connectivity index (χ2n) is 6.04. The van der Waals surface area contributed by atoms with Gasteiger partial charge in [-0.05, 0) is 30.4 Å². The SMILES string of the molecule is CCCCOC(=O)N1CCC(c2cc(F)c(F)cc2F)C(CO)C1. The van der Waals surface area contributed by atoms with Crippen molar-refractivity contribution in [1.29, 1.82) is 0 Å². The number of amides is 1. The molecule has 24 heavy (non-hydrogen) atoms. The monoisotopic (exact) mass is 345 g/mol. The highest BCUT2D eigenvalue weighted by Gasteiger charge is 2.34. The summed E-state index contributed by atoms with van der Waals surface area (Å²) in [6.45, 7) is 2.52. The topological polar surface area (TPSA) is 49.8 Å². The lowest BCUT2D eigenvalue weighted by Gasteiger charge is -2.37. The Bertz CT molecular complexity index is 582. The molecule has 2 rings (SSSR count). The number of piperidine rings is 1. The number of hydrogen-bond donors (Lipinski definition) is 1. The van der Waals surface area contributed by atoms with Crippen LogP contribution in [-0.4, -0.2) is 42.4 Å². The maximum Gasteiger partial charge on any atom is 0.409 e. The summed E-state index contributed by atoms with van der Waals surface area (Å²) < 4.78 is 45.7. The first-order valence-electron chi connectivity index (χ1n) is 8.14. The summed E-state index contributed by atoms with van der Waals surface area (Å²) in [5.74, 6) is -4.14. The lowest BCUT2D eigenvalue weighted by molar-refractivity contribution is 0.0640. The third-order valence-corrected chi connectivity index (χ3v) is 4.39. The van der Waals surface area contributed by atoms with E-state index in [0.717, 1.165) is 18.9 Å². The molecule has 1 amide bonds. The van der Waals surface area contributed by atoms with Crippen molar-refractivity contribution in [3.05, 3.63) is 35.1 Å². The average Bonchev–Trinajstić information content (AvgIpc) is 2.57. The number of ether oxygens (including phenoxy) is 1. The molecule has 1 aliphatic rings. The van der Waals surface area contributed by atoms with Crippen LogP contribution in [0, 0.1) is 23.4 Å². The van der Waals surface area contributed by atoms with Gasteiger partial charge >= 0.3 is 6.09 Å². The second-order valence-corrected chi connectivity index (χ2v) is 6.04. The number of carbonyl (C=O) groups excluding carboxylic acids is 1. The lowest BCUT2D eigenvalue weighted by Crippen LogP contribution is -2.44. The molecule has 134 valence electrons. The zero-order valence-corrected chi connectivity index (χ0v) is 13.6. The Morgan fingerprint density at radius 2 is 2.00 bits per heavy atom. The molecule has 0 bridgehead atoms. The van der Waals surface area contributed by atoms with Crippen molar-refractivity contribution < 1.29 is 27.8 Å². The van der Waals surface area contributed by atoms with Gasteiger partial charge in [0.05, 0.1) is 6.61 Å². The summed E-state index contributed by atoms with van der Waals surface area (Å²) in [5, 5.41) is 9.58. The van der Waals surface area contributed by atoms with Crippen molar-refractivity contribution in [3.8, 4) is 0 Å². The molecule has 1 fully saturated rings. The summed E-state index contributed by atoms with van der Waals surface area (Å²) >= 11 is 0. The Morgan fingerprint density at radius 3 is 2.67 bits per heavy atom. The van der Waals surface area contributed by atoms with Gasteiger partial charge < -0.3 is 14.7 Å². The smallest absolute Gasteiger partial charge is 0.409 e. The molecule has 2 unspecified atom stereocenters. The number of hydrogen-bond acceptors (Lipinski definition) is 3. The molecular weight excluding hydrogens is 323 g/mol. The lowest BCUT2D eigenvalue weighted by atomic mass is 9.80. The fraction of sp³-hybridized carbons (Fsp3) is 0.588. The van der Waals surface area contributed by atoms with E-state index in [1.807, 2.05) is 6.92 Å². The summed E-state index contributed by atoms with van der Waals surface area (Å²) in [6, 6.07) is 1.36. The largest absolute Gasteiger partial charge is 0.449 e. The molecule has 0 aliphatic carbocycles. The van der Waals surface area contributed by atoms with Crippen molar-refractivity contribution in [3.63, 3.8) is 0 Å². The fourth-order valence-corrected chi connectivity index (χ4v) is 3.01. The van der Waals surface area contributed by atoms with E-state index in [9.17, 15) is 23.1 Å². The van der Waals surface area contributed by atoms with Crippen LogP contribution in [0.3, 0.4) is 0 Å². The van der Waals surface area contributed by atoms with Crippen molar-refractivity contribution >= 4 is 6.09 Å². The molecule has 1 saturated heterocycles. The van der Waals surface area contributed by atoms with Crippen molar-refractivity contribution in [1.82, 2.24) is 4.90 Å². The van der Waals surface area contributed by atoms with Crippen molar-refractivity contribution in [2.24, 2.45) is 5.92 Å². The third-order valence-electron chi connectivity index (χ3n) is 4.39. The first kappa shape index (κ1) is 18.6. The number of aliphatic hydroxyl groups is 1. The first-order valence-corrected chi connectivity index (χ1v) is 8.14. The Hall–Kier alpha value is -1.76. The molecule has 1 N–H and O–H groups in total. The predicted molar refractivity (Wildman–Crippen MR) is 82.1 cm³/mol. The van der Waals surface area contributed by atoms with E-state index in [-0.39, 0.29) is 18.7 Å². The number of nitrogens with zero attached hydrogens (tertiary/aromatic N) is 1. The predicted octanol–water partition coefficient (Wildman–Crippen LogP) is 3.44. The molecule has 1 aromatic carbocycles. The Labute approximate surface area is 139 Å². The molecule has 2 atom stereocenters. The maximum atomic E-state index is 14.0. The molecule has 0 aromatic heterocycles. The second kappa shape index (κ2) is 8.37. The minimum absolute atomic E-state index is 0.0342. The Kier molecular flexibility index (Phi) is 6.48. The van der Waals surface area contributed by atoms with Gasteiger partial charge in [0.1, 0.15) is 5.82 Å². The first-order chi connectivity index (χ1) is 11.5. The van der Waals surface area contributed by atoms with Crippen LogP contribution in [0.5, 0.6) is 0 Å². The number of carbonyl (C=O) groups is 1. The number of likely N-dealkylation sites (tertiary alicyclic amines) is 1. The van der Waals surface area contributed by atoms with Crippen LogP contribution < -0.4 is 0 Å². The standard InChI is InChI=1S/C17H22F3NO3/c1-2-3-6-24-17(23)21-5-4-12(11(9-21)10-22)13-7-15(19)16(20)8-14(13)18/h7-8,11-12,22H,2-6,9-10H2,1H3. The van der Waals surface area contributed by atoms with Gasteiger partial charge in [-0.25, -0.2) is 18.0 Å². The van der Waals surface area contributed by atoms with Crippen LogP contribution in [0.25, 0.3) is 0 Å². The van der Waals surface area contributed by atoms with Crippen molar-refractivity contribution in [2.45, 2.75) is 32.1 Å². The van der Waals surface area contributed by atoms with Gasteiger partial charge in [0.2, 0.25) is 0 Å². The molecule has 1 aliphatic heterocycles. The number of unbranched alkanes of at least 4 members (excludes halogenated alkanes) is 1. The molecule has 1 heterocycles. The van der Waals surface area contributed by atoms with Crippen LogP contribution in [-0.2, 0) is 4.74 Å². The van der Waals surface area contributed by atoms with Gasteiger partial charge in [0.15, 0.2) is 11.6 Å². The Balaban J connectivity index is 2.08. The van der Waals surface area contributed by atoms with Crippen LogP contribution in [0.2, 0.25) is 0 Å². The van der Waals surface area contributed by atoms with E-state index in [2.05, 4.69) is 0 Å². The average molecular weight is 345 g/mol. The summed E-state index contributed by atoms with van der Waals surface area (Å²) in [6.07, 6.45) is 1.55. The normalized spacial score (nSPS) is 21.0. The highest BCUT2D eigenvalue weighted by Crippen LogP contribution is 2.35. The summed E-state index contributed by atoms with van der Waals surface area (Å²) in [5.41, 5.74) is 0.0342. The van der Waals surface area contributed by atoms with Gasteiger partial charge in [-0.3, -0.25) is 0 Å². The number of benzene rings is 1. The van der Waals surface area contributed by atoms with Gasteiger partial charge in [0, 0.05) is 31.7 Å². The van der Waals surface area contributed by atoms with E-state index in [1.54, 1.807) is 0 Å². The number of aliphatic hydroxyl groups excluding tert-OH is 1. The Morgan fingerprint density at radius 1 is 1.29 bits per heavy atom. The molecular formula is C17H22F3NO3. The molecule has 0 saturated carbocycles. The zero-order valence-electron chi connectivity index (χ0n) is 13.6. The maximum absolute atomic E-state index is 14.0. The van der Waals surface area contributed by atoms with E-state index in [0.29, 0.717) is 25.6 Å². The van der Waals surface area contributed by atoms with Crippen LogP contribution in [0.4, 0.5) is 18.0 Å². The highest BCUT2D eigenvalue weighted by atomic mass is 19.2. The van der Waals surface area contributed by atoms with Gasteiger partial charge in [-0.15, -0.1) is 0 Å². The number of rotatable bonds is 5. The van der Waals surface area contributed by atoms with Gasteiger partial charge in [-0.2, -0.15) is 0 Å². The minimum atomic E-state index is -1.24. The highest BCUT2D eigenvalue weighted by molar-refractivity contribution is 5.67. The molecule has 0 spiro atoms. The summed E-state index contributed by atoms with van der Waals surface area (Å²) in [4.78, 5) is 13.4. The van der Waals surface area contributed by atoms with E-state index < -0.39 is 35.4 Å². The number of halogens is 3. The van der Waals surface area contributed by atoms with Gasteiger partial charge in [0.25, 0.3) is 0 Å². The van der Waals surface area contributed by atoms with E-state index >= 15 is 0 Å². The van der Waals surface area contributed by atoms with Gasteiger partial charge in [-0.1, -0.05) is 13.3 Å². The van der Waals surface area contributed by atoms with E-state index in [4.69, 9.17) is 4.74 Å². The van der Waals surface area contributed by atoms with Crippen LogP contribution >= 0.6 is 0 Å². The molecule has 0 radical (unpaired) electrons. The fourth-order valence-electron chi connectivity index (χ4n) is 3.01. The quantitative estimate of drug-likeness (QED) is 0.657. The van der Waals surface area contributed by atoms with Crippen LogP contribution in [0.15, 0.2) is 12.1 Å². The molecule has 7 heteroatoms. The van der Waals surface area contributed by atoms with E-state index in [1.165, 1.54) is 4.90 Å². The molecule has 1 aromatic rings. The molecule has 4 nitrogen and oxygen atoms in total.